The zero-order valence-electron chi connectivity index (χ0n) is 9.38. The first-order valence-electron chi connectivity index (χ1n) is 5.47. The van der Waals surface area contributed by atoms with Crippen molar-refractivity contribution in [3.8, 4) is 0 Å². The fraction of sp³-hybridized carbons (Fsp3) is 0.182. The van der Waals surface area contributed by atoms with E-state index in [1.54, 1.807) is 10.9 Å². The monoisotopic (exact) mass is 279 g/mol. The number of benzene rings is 1. The van der Waals surface area contributed by atoms with E-state index in [2.05, 4.69) is 15.3 Å². The summed E-state index contributed by atoms with van der Waals surface area (Å²) in [7, 11) is 0. The molecule has 0 saturated heterocycles. The van der Waals surface area contributed by atoms with Crippen LogP contribution in [0.1, 0.15) is 0 Å². The highest BCUT2D eigenvalue weighted by atomic mass is 35.5. The van der Waals surface area contributed by atoms with Crippen molar-refractivity contribution in [2.24, 2.45) is 0 Å². The number of H-pyrrole nitrogens is 1. The second-order valence-electron chi connectivity index (χ2n) is 3.88. The van der Waals surface area contributed by atoms with Crippen LogP contribution < -0.4 is 0 Å². The minimum atomic E-state index is 0.665. The number of hydrogen-bond acceptors (Lipinski definition) is 3. The van der Waals surface area contributed by atoms with Gasteiger partial charge in [0.15, 0.2) is 4.77 Å². The third-order valence-corrected chi connectivity index (χ3v) is 3.42. The Hall–Kier alpha value is -1.66. The molecule has 2 heterocycles. The lowest BCUT2D eigenvalue weighted by Gasteiger charge is -2.04. The Morgan fingerprint density at radius 2 is 2.22 bits per heavy atom. The number of rotatable bonds is 3. The van der Waals surface area contributed by atoms with Crippen LogP contribution >= 0.6 is 23.8 Å². The number of nitrogens with one attached hydrogen (secondary N) is 1. The normalized spacial score (nSPS) is 11.2. The standard InChI is InChI=1S/C11H10ClN5S/c12-8-2-1-3-9-10(8)14-11(18)17(9)7-6-16-5-4-13-15-16/h1-5H,6-7H2,(H,14,18). The molecule has 1 N–H and O–H groups in total. The largest absolute Gasteiger partial charge is 0.329 e. The molecule has 0 bridgehead atoms. The van der Waals surface area contributed by atoms with E-state index >= 15 is 0 Å². The predicted molar refractivity (Wildman–Crippen MR) is 72.2 cm³/mol. The van der Waals surface area contributed by atoms with Crippen LogP contribution in [0.2, 0.25) is 5.02 Å². The van der Waals surface area contributed by atoms with Gasteiger partial charge >= 0.3 is 0 Å². The molecule has 7 heteroatoms. The van der Waals surface area contributed by atoms with Gasteiger partial charge in [-0.3, -0.25) is 4.68 Å². The second-order valence-corrected chi connectivity index (χ2v) is 4.68. The van der Waals surface area contributed by atoms with Crippen molar-refractivity contribution in [3.63, 3.8) is 0 Å². The maximum Gasteiger partial charge on any atom is 0.178 e. The summed E-state index contributed by atoms with van der Waals surface area (Å²) in [4.78, 5) is 3.13. The topological polar surface area (TPSA) is 51.4 Å². The number of aromatic amines is 1. The smallest absolute Gasteiger partial charge is 0.178 e. The van der Waals surface area contributed by atoms with Crippen molar-refractivity contribution in [1.29, 1.82) is 0 Å². The van der Waals surface area contributed by atoms with E-state index < -0.39 is 0 Å². The molecule has 0 spiro atoms. The van der Waals surface area contributed by atoms with Gasteiger partial charge in [-0.2, -0.15) is 0 Å². The highest BCUT2D eigenvalue weighted by Gasteiger charge is 2.06. The summed E-state index contributed by atoms with van der Waals surface area (Å²) < 4.78 is 4.45. The summed E-state index contributed by atoms with van der Waals surface area (Å²) in [6.07, 6.45) is 3.48. The molecule has 5 nitrogen and oxygen atoms in total. The Kier molecular flexibility index (Phi) is 2.89. The van der Waals surface area contributed by atoms with Crippen LogP contribution in [-0.2, 0) is 13.1 Å². The van der Waals surface area contributed by atoms with Gasteiger partial charge in [-0.25, -0.2) is 0 Å². The number of aromatic nitrogens is 5. The number of hydrogen-bond donors (Lipinski definition) is 1. The first kappa shape index (κ1) is 11.4. The molecular formula is C11H10ClN5S. The molecule has 3 aromatic rings. The van der Waals surface area contributed by atoms with Crippen molar-refractivity contribution >= 4 is 34.9 Å². The van der Waals surface area contributed by atoms with Crippen molar-refractivity contribution in [2.45, 2.75) is 13.1 Å². The lowest BCUT2D eigenvalue weighted by molar-refractivity contribution is 0.523. The van der Waals surface area contributed by atoms with E-state index in [0.717, 1.165) is 17.6 Å². The number of fused-ring (bicyclic) bond motifs is 1. The van der Waals surface area contributed by atoms with Crippen LogP contribution in [-0.4, -0.2) is 24.5 Å². The van der Waals surface area contributed by atoms with Crippen LogP contribution in [0.15, 0.2) is 30.6 Å². The van der Waals surface area contributed by atoms with Gasteiger partial charge in [-0.15, -0.1) is 5.10 Å². The van der Waals surface area contributed by atoms with Crippen LogP contribution in [0, 0.1) is 4.77 Å². The molecule has 0 aliphatic carbocycles. The quantitative estimate of drug-likeness (QED) is 0.750. The van der Waals surface area contributed by atoms with E-state index in [0.29, 0.717) is 16.3 Å². The van der Waals surface area contributed by atoms with Crippen molar-refractivity contribution in [3.05, 3.63) is 40.4 Å². The molecule has 0 atom stereocenters. The molecule has 0 aliphatic rings. The number of aryl methyl sites for hydroxylation is 2. The Morgan fingerprint density at radius 3 is 3.00 bits per heavy atom. The predicted octanol–water partition coefficient (Wildman–Crippen LogP) is 2.64. The highest BCUT2D eigenvalue weighted by molar-refractivity contribution is 7.71. The third-order valence-electron chi connectivity index (χ3n) is 2.78. The van der Waals surface area contributed by atoms with Crippen LogP contribution in [0.5, 0.6) is 0 Å². The molecule has 0 unspecified atom stereocenters. The lowest BCUT2D eigenvalue weighted by Crippen LogP contribution is -2.08. The van der Waals surface area contributed by atoms with E-state index in [4.69, 9.17) is 23.8 Å². The summed E-state index contributed by atoms with van der Waals surface area (Å²) in [6.45, 7) is 1.44. The van der Waals surface area contributed by atoms with Gasteiger partial charge in [0.25, 0.3) is 0 Å². The first-order valence-corrected chi connectivity index (χ1v) is 6.25. The highest BCUT2D eigenvalue weighted by Crippen LogP contribution is 2.22. The van der Waals surface area contributed by atoms with E-state index in [-0.39, 0.29) is 0 Å². The summed E-state index contributed by atoms with van der Waals surface area (Å²) in [5.41, 5.74) is 1.88. The van der Waals surface area contributed by atoms with E-state index in [1.807, 2.05) is 29.0 Å². The van der Waals surface area contributed by atoms with Crippen LogP contribution in [0.25, 0.3) is 11.0 Å². The van der Waals surface area contributed by atoms with Gasteiger partial charge in [0.05, 0.1) is 28.8 Å². The van der Waals surface area contributed by atoms with Crippen molar-refractivity contribution < 1.29 is 0 Å². The summed E-state index contributed by atoms with van der Waals surface area (Å²) in [5.74, 6) is 0. The van der Waals surface area contributed by atoms with Gasteiger partial charge in [0.2, 0.25) is 0 Å². The Balaban J connectivity index is 1.99. The summed E-state index contributed by atoms with van der Waals surface area (Å²) >= 11 is 11.4. The van der Waals surface area contributed by atoms with E-state index in [1.165, 1.54) is 0 Å². The average molecular weight is 280 g/mol. The maximum atomic E-state index is 6.12. The number of para-hydroxylation sites is 1. The first-order chi connectivity index (χ1) is 8.75. The number of nitrogens with zero attached hydrogens (tertiary/aromatic N) is 4. The van der Waals surface area contributed by atoms with Gasteiger partial charge in [0.1, 0.15) is 0 Å². The van der Waals surface area contributed by atoms with Gasteiger partial charge < -0.3 is 9.55 Å². The molecule has 0 radical (unpaired) electrons. The van der Waals surface area contributed by atoms with Crippen LogP contribution in [0.3, 0.4) is 0 Å². The Labute approximate surface area is 113 Å². The summed E-state index contributed by atoms with van der Waals surface area (Å²) in [6, 6.07) is 5.75. The van der Waals surface area contributed by atoms with Crippen molar-refractivity contribution in [1.82, 2.24) is 24.5 Å². The molecule has 0 amide bonds. The molecule has 3 rings (SSSR count). The van der Waals surface area contributed by atoms with Crippen molar-refractivity contribution in [2.75, 3.05) is 0 Å². The Bertz CT molecular complexity index is 728. The van der Waals surface area contributed by atoms with Crippen LogP contribution in [0.4, 0.5) is 0 Å². The third kappa shape index (κ3) is 1.93. The number of imidazole rings is 1. The SMILES string of the molecule is S=c1[nH]c2c(Cl)cccc2n1CCn1ccnn1. The lowest BCUT2D eigenvalue weighted by atomic mass is 10.3. The van der Waals surface area contributed by atoms with Gasteiger partial charge in [-0.1, -0.05) is 22.9 Å². The molecule has 2 aromatic heterocycles. The molecule has 0 saturated carbocycles. The Morgan fingerprint density at radius 1 is 1.33 bits per heavy atom. The maximum absolute atomic E-state index is 6.12. The fourth-order valence-corrected chi connectivity index (χ4v) is 2.43. The van der Waals surface area contributed by atoms with Gasteiger partial charge in [0, 0.05) is 12.7 Å². The zero-order valence-corrected chi connectivity index (χ0v) is 10.9. The number of halogens is 1. The van der Waals surface area contributed by atoms with Gasteiger partial charge in [-0.05, 0) is 24.4 Å². The second kappa shape index (κ2) is 4.55. The van der Waals surface area contributed by atoms with E-state index in [9.17, 15) is 0 Å². The molecular weight excluding hydrogens is 270 g/mol. The molecule has 18 heavy (non-hydrogen) atoms. The fourth-order valence-electron chi connectivity index (χ4n) is 1.92. The molecule has 1 aromatic carbocycles. The average Bonchev–Trinajstić information content (AvgIpc) is 2.95. The summed E-state index contributed by atoms with van der Waals surface area (Å²) in [5, 5.41) is 8.37. The minimum Gasteiger partial charge on any atom is -0.329 e. The zero-order chi connectivity index (χ0) is 12.5. The minimum absolute atomic E-state index is 0.665. The molecule has 0 aliphatic heterocycles. The molecule has 0 fully saturated rings. The molecule has 92 valence electrons.